The quantitative estimate of drug-likeness (QED) is 0.638. The lowest BCUT2D eigenvalue weighted by Gasteiger charge is -2.06. The summed E-state index contributed by atoms with van der Waals surface area (Å²) in [5.74, 6) is 0.246. The smallest absolute Gasteiger partial charge is 0.131 e. The summed E-state index contributed by atoms with van der Waals surface area (Å²) >= 11 is 0. The van der Waals surface area contributed by atoms with Crippen LogP contribution in [0.2, 0.25) is 0 Å². The van der Waals surface area contributed by atoms with Gasteiger partial charge in [-0.2, -0.15) is 0 Å². The van der Waals surface area contributed by atoms with Crippen LogP contribution < -0.4 is 5.73 Å². The molecule has 2 aromatic rings. The monoisotopic (exact) mass is 230 g/mol. The van der Waals surface area contributed by atoms with Crippen LogP contribution in [0, 0.1) is 5.82 Å². The van der Waals surface area contributed by atoms with Gasteiger partial charge >= 0.3 is 0 Å². The number of nitrogens with two attached hydrogens (primary N) is 1. The molecule has 0 bridgehead atoms. The normalized spacial score (nSPS) is 12.0. The van der Waals surface area contributed by atoms with Crippen molar-refractivity contribution < 1.29 is 4.39 Å². The first-order chi connectivity index (χ1) is 8.24. The number of hydrogen-bond donors (Lipinski definition) is 1. The predicted molar refractivity (Wildman–Crippen MR) is 69.8 cm³/mol. The van der Waals surface area contributed by atoms with Gasteiger partial charge in [0.05, 0.1) is 0 Å². The van der Waals surface area contributed by atoms with Gasteiger partial charge in [0, 0.05) is 17.5 Å². The zero-order valence-electron chi connectivity index (χ0n) is 9.78. The van der Waals surface area contributed by atoms with Crippen LogP contribution in [0.4, 0.5) is 4.39 Å². The minimum Gasteiger partial charge on any atom is -0.383 e. The zero-order valence-corrected chi connectivity index (χ0v) is 9.78. The Bertz CT molecular complexity index is 561. The van der Waals surface area contributed by atoms with E-state index < -0.39 is 0 Å². The number of amidine groups is 1. The molecule has 0 amide bonds. The van der Waals surface area contributed by atoms with Crippen LogP contribution in [0.25, 0.3) is 10.8 Å². The first kappa shape index (κ1) is 11.6. The molecule has 0 fully saturated rings. The van der Waals surface area contributed by atoms with Crippen LogP contribution in [0.1, 0.15) is 18.9 Å². The SMILES string of the molecule is CCCN=C(N)c1ccc(F)c2ccccc12. The molecule has 88 valence electrons. The third-order valence-electron chi connectivity index (χ3n) is 2.65. The molecule has 3 heteroatoms. The fourth-order valence-corrected chi connectivity index (χ4v) is 1.80. The first-order valence-electron chi connectivity index (χ1n) is 5.71. The van der Waals surface area contributed by atoms with E-state index in [9.17, 15) is 4.39 Å². The lowest BCUT2D eigenvalue weighted by molar-refractivity contribution is 0.640. The Morgan fingerprint density at radius 1 is 1.18 bits per heavy atom. The minimum absolute atomic E-state index is 0.229. The van der Waals surface area contributed by atoms with E-state index in [1.165, 1.54) is 6.07 Å². The predicted octanol–water partition coefficient (Wildman–Crippen LogP) is 3.09. The zero-order chi connectivity index (χ0) is 12.3. The Hall–Kier alpha value is -1.90. The lowest BCUT2D eigenvalue weighted by atomic mass is 10.0. The number of nitrogens with zero attached hydrogens (tertiary/aromatic N) is 1. The lowest BCUT2D eigenvalue weighted by Crippen LogP contribution is -2.14. The number of fused-ring (bicyclic) bond motifs is 1. The minimum atomic E-state index is -0.229. The number of aliphatic imine (C=N–C) groups is 1. The maximum atomic E-state index is 13.6. The molecule has 0 aromatic heterocycles. The average molecular weight is 230 g/mol. The van der Waals surface area contributed by atoms with Gasteiger partial charge < -0.3 is 5.73 Å². The summed E-state index contributed by atoms with van der Waals surface area (Å²) in [5, 5.41) is 1.39. The second-order valence-electron chi connectivity index (χ2n) is 3.91. The van der Waals surface area contributed by atoms with E-state index in [0.29, 0.717) is 17.8 Å². The molecule has 0 spiro atoms. The molecule has 0 unspecified atom stereocenters. The van der Waals surface area contributed by atoms with Crippen LogP contribution >= 0.6 is 0 Å². The van der Waals surface area contributed by atoms with Crippen molar-refractivity contribution in [2.75, 3.05) is 6.54 Å². The molecule has 17 heavy (non-hydrogen) atoms. The fourth-order valence-electron chi connectivity index (χ4n) is 1.80. The van der Waals surface area contributed by atoms with Gasteiger partial charge in [0.15, 0.2) is 0 Å². The molecule has 0 saturated carbocycles. The molecule has 0 aliphatic rings. The summed E-state index contributed by atoms with van der Waals surface area (Å²) in [6, 6.07) is 10.4. The molecular weight excluding hydrogens is 215 g/mol. The summed E-state index contributed by atoms with van der Waals surface area (Å²) in [6.07, 6.45) is 0.944. The highest BCUT2D eigenvalue weighted by Gasteiger charge is 2.07. The molecule has 2 rings (SSSR count). The molecule has 0 radical (unpaired) electrons. The van der Waals surface area contributed by atoms with Gasteiger partial charge in [0.25, 0.3) is 0 Å². The van der Waals surface area contributed by atoms with Crippen molar-refractivity contribution >= 4 is 16.6 Å². The van der Waals surface area contributed by atoms with Crippen molar-refractivity contribution in [2.24, 2.45) is 10.7 Å². The van der Waals surface area contributed by atoms with Crippen LogP contribution in [0.5, 0.6) is 0 Å². The Balaban J connectivity index is 2.59. The molecule has 0 heterocycles. The molecule has 0 aliphatic heterocycles. The van der Waals surface area contributed by atoms with Crippen LogP contribution in [-0.2, 0) is 0 Å². The van der Waals surface area contributed by atoms with E-state index >= 15 is 0 Å². The van der Waals surface area contributed by atoms with E-state index in [1.54, 1.807) is 12.1 Å². The number of benzene rings is 2. The highest BCUT2D eigenvalue weighted by molar-refractivity contribution is 6.09. The second-order valence-corrected chi connectivity index (χ2v) is 3.91. The van der Waals surface area contributed by atoms with Crippen molar-refractivity contribution in [3.63, 3.8) is 0 Å². The molecule has 2 nitrogen and oxygen atoms in total. The van der Waals surface area contributed by atoms with Gasteiger partial charge in [0.1, 0.15) is 11.7 Å². The van der Waals surface area contributed by atoms with E-state index in [4.69, 9.17) is 5.73 Å². The highest BCUT2D eigenvalue weighted by atomic mass is 19.1. The highest BCUT2D eigenvalue weighted by Crippen LogP contribution is 2.21. The third-order valence-corrected chi connectivity index (χ3v) is 2.65. The maximum absolute atomic E-state index is 13.6. The van der Waals surface area contributed by atoms with Gasteiger partial charge in [-0.3, -0.25) is 4.99 Å². The van der Waals surface area contributed by atoms with Crippen molar-refractivity contribution in [3.05, 3.63) is 47.8 Å². The molecule has 0 saturated heterocycles. The van der Waals surface area contributed by atoms with Gasteiger partial charge in [-0.25, -0.2) is 4.39 Å². The van der Waals surface area contributed by atoms with Crippen LogP contribution in [0.3, 0.4) is 0 Å². The van der Waals surface area contributed by atoms with E-state index in [1.807, 2.05) is 25.1 Å². The summed E-state index contributed by atoms with van der Waals surface area (Å²) in [6.45, 7) is 2.73. The third kappa shape index (κ3) is 2.28. The first-order valence-corrected chi connectivity index (χ1v) is 5.71. The number of rotatable bonds is 3. The summed E-state index contributed by atoms with van der Waals surface area (Å²) in [7, 11) is 0. The van der Waals surface area contributed by atoms with Gasteiger partial charge in [0.2, 0.25) is 0 Å². The summed E-state index contributed by atoms with van der Waals surface area (Å²) in [4.78, 5) is 4.26. The Morgan fingerprint density at radius 2 is 1.88 bits per heavy atom. The van der Waals surface area contributed by atoms with Gasteiger partial charge in [-0.15, -0.1) is 0 Å². The van der Waals surface area contributed by atoms with Crippen molar-refractivity contribution in [1.29, 1.82) is 0 Å². The standard InChI is InChI=1S/C14H15FN2/c1-2-9-17-14(16)12-7-8-13(15)11-6-4-3-5-10(11)12/h3-8H,2,9H2,1H3,(H2,16,17). The van der Waals surface area contributed by atoms with Crippen molar-refractivity contribution in [3.8, 4) is 0 Å². The molecule has 2 N–H and O–H groups in total. The average Bonchev–Trinajstić information content (AvgIpc) is 2.37. The topological polar surface area (TPSA) is 38.4 Å². The van der Waals surface area contributed by atoms with Crippen molar-refractivity contribution in [1.82, 2.24) is 0 Å². The fraction of sp³-hybridized carbons (Fsp3) is 0.214. The molecule has 0 aliphatic carbocycles. The Labute approximate surface area is 100.0 Å². The second kappa shape index (κ2) is 4.95. The summed E-state index contributed by atoms with van der Waals surface area (Å²) < 4.78 is 13.6. The van der Waals surface area contributed by atoms with E-state index in [2.05, 4.69) is 4.99 Å². The summed E-state index contributed by atoms with van der Waals surface area (Å²) in [5.41, 5.74) is 6.73. The maximum Gasteiger partial charge on any atom is 0.131 e. The molecular formula is C14H15FN2. The van der Waals surface area contributed by atoms with E-state index in [-0.39, 0.29) is 5.82 Å². The van der Waals surface area contributed by atoms with E-state index in [0.717, 1.165) is 17.4 Å². The number of halogens is 1. The Kier molecular flexibility index (Phi) is 3.38. The van der Waals surface area contributed by atoms with Crippen molar-refractivity contribution in [2.45, 2.75) is 13.3 Å². The van der Waals surface area contributed by atoms with Crippen LogP contribution in [0.15, 0.2) is 41.4 Å². The van der Waals surface area contributed by atoms with Gasteiger partial charge in [-0.05, 0) is 23.9 Å². The van der Waals surface area contributed by atoms with Gasteiger partial charge in [-0.1, -0.05) is 31.2 Å². The number of hydrogen-bond acceptors (Lipinski definition) is 1. The molecule has 2 aromatic carbocycles. The molecule has 0 atom stereocenters. The Morgan fingerprint density at radius 3 is 2.59 bits per heavy atom. The largest absolute Gasteiger partial charge is 0.383 e. The van der Waals surface area contributed by atoms with Crippen LogP contribution in [-0.4, -0.2) is 12.4 Å².